The van der Waals surface area contributed by atoms with Crippen LogP contribution in [0.25, 0.3) is 56.1 Å². The lowest BCUT2D eigenvalue weighted by Crippen LogP contribution is -1.87. The zero-order valence-corrected chi connectivity index (χ0v) is 15.6. The van der Waals surface area contributed by atoms with Crippen LogP contribution in [0.5, 0.6) is 0 Å². The summed E-state index contributed by atoms with van der Waals surface area (Å²) in [6, 6.07) is 13.7. The highest BCUT2D eigenvalue weighted by atomic mass is 15.2. The summed E-state index contributed by atoms with van der Waals surface area (Å²) in [5.41, 5.74) is 7.59. The molecule has 0 aliphatic heterocycles. The third kappa shape index (κ3) is 2.62. The van der Waals surface area contributed by atoms with E-state index in [-0.39, 0.29) is 0 Å². The van der Waals surface area contributed by atoms with Crippen molar-refractivity contribution in [3.05, 3.63) is 73.4 Å². The fraction of sp³-hybridized carbons (Fsp3) is 0. The fourth-order valence-corrected chi connectivity index (χ4v) is 3.54. The van der Waals surface area contributed by atoms with Crippen molar-refractivity contribution >= 4 is 22.2 Å². The highest BCUT2D eigenvalue weighted by Gasteiger charge is 2.17. The van der Waals surface area contributed by atoms with E-state index in [0.29, 0.717) is 17.2 Å². The molecule has 0 aromatic carbocycles. The van der Waals surface area contributed by atoms with E-state index in [2.05, 4.69) is 35.1 Å². The summed E-state index contributed by atoms with van der Waals surface area (Å²) in [6.07, 6.45) is 8.80. The molecule has 0 unspecified atom stereocenters. The first kappa shape index (κ1) is 16.5. The number of nitrogens with one attached hydrogen (secondary N) is 2. The molecule has 6 aromatic rings. The molecule has 6 aromatic heterocycles. The van der Waals surface area contributed by atoms with E-state index in [1.165, 1.54) is 0 Å². The van der Waals surface area contributed by atoms with Gasteiger partial charge in [-0.3, -0.25) is 15.1 Å². The lowest BCUT2D eigenvalue weighted by atomic mass is 10.1. The number of pyridine rings is 4. The van der Waals surface area contributed by atoms with Gasteiger partial charge in [-0.25, -0.2) is 15.0 Å². The van der Waals surface area contributed by atoms with Crippen molar-refractivity contribution < 1.29 is 0 Å². The number of fused-ring (bicyclic) bond motifs is 2. The molecule has 6 rings (SSSR count). The van der Waals surface area contributed by atoms with Gasteiger partial charge in [-0.15, -0.1) is 0 Å². The minimum absolute atomic E-state index is 0.615. The predicted molar refractivity (Wildman–Crippen MR) is 113 cm³/mol. The van der Waals surface area contributed by atoms with Gasteiger partial charge in [0.15, 0.2) is 17.2 Å². The van der Waals surface area contributed by atoms with Crippen molar-refractivity contribution in [1.29, 1.82) is 0 Å². The SMILES string of the molecule is c1cc(-c2ccc3[nH]nc(-c4nc5nccc(-c6ccncc6)c5[nH]4)c3n2)ccn1. The van der Waals surface area contributed by atoms with E-state index in [1.807, 2.05) is 42.5 Å². The standard InChI is InChI=1S/C22H14N8/c1-2-17-19(26-16(1)14-5-10-24-11-6-14)20(30-29-17)22-27-18-15(7-12-25-21(18)28-22)13-3-8-23-9-4-13/h1-12H,(H,29,30)(H,25,27,28). The van der Waals surface area contributed by atoms with Gasteiger partial charge in [0, 0.05) is 42.1 Å². The van der Waals surface area contributed by atoms with Crippen LogP contribution < -0.4 is 0 Å². The molecule has 8 heteroatoms. The number of H-pyrrole nitrogens is 2. The molecule has 0 atom stereocenters. The van der Waals surface area contributed by atoms with Gasteiger partial charge in [-0.05, 0) is 48.0 Å². The van der Waals surface area contributed by atoms with E-state index < -0.39 is 0 Å². The first-order valence-corrected chi connectivity index (χ1v) is 9.38. The average Bonchev–Trinajstić information content (AvgIpc) is 3.43. The molecular formula is C22H14N8. The zero-order chi connectivity index (χ0) is 19.9. The Kier molecular flexibility index (Phi) is 3.60. The summed E-state index contributed by atoms with van der Waals surface area (Å²) >= 11 is 0. The molecule has 0 spiro atoms. The lowest BCUT2D eigenvalue weighted by molar-refractivity contribution is 1.10. The predicted octanol–water partition coefficient (Wildman–Crippen LogP) is 4.02. The molecule has 0 saturated carbocycles. The Hall–Kier alpha value is -4.46. The maximum atomic E-state index is 4.82. The van der Waals surface area contributed by atoms with E-state index in [1.54, 1.807) is 31.0 Å². The van der Waals surface area contributed by atoms with Gasteiger partial charge >= 0.3 is 0 Å². The quantitative estimate of drug-likeness (QED) is 0.472. The molecule has 2 N–H and O–H groups in total. The van der Waals surface area contributed by atoms with Crippen molar-refractivity contribution in [2.24, 2.45) is 0 Å². The number of hydrogen-bond donors (Lipinski definition) is 2. The summed E-state index contributed by atoms with van der Waals surface area (Å²) in [6.45, 7) is 0. The monoisotopic (exact) mass is 390 g/mol. The number of aromatic nitrogens is 8. The molecule has 0 aliphatic rings. The number of nitrogens with zero attached hydrogens (tertiary/aromatic N) is 6. The number of aromatic amines is 2. The maximum Gasteiger partial charge on any atom is 0.178 e. The molecule has 0 radical (unpaired) electrons. The second kappa shape index (κ2) is 6.56. The van der Waals surface area contributed by atoms with Crippen LogP contribution in [0, 0.1) is 0 Å². The Balaban J connectivity index is 1.52. The summed E-state index contributed by atoms with van der Waals surface area (Å²) in [5.74, 6) is 0.615. The smallest absolute Gasteiger partial charge is 0.178 e. The molecule has 8 nitrogen and oxygen atoms in total. The highest BCUT2D eigenvalue weighted by molar-refractivity contribution is 5.94. The fourth-order valence-electron chi connectivity index (χ4n) is 3.54. The summed E-state index contributed by atoms with van der Waals surface area (Å²) in [4.78, 5) is 25.5. The van der Waals surface area contributed by atoms with Crippen molar-refractivity contribution in [3.63, 3.8) is 0 Å². The van der Waals surface area contributed by atoms with E-state index in [0.717, 1.165) is 38.9 Å². The Morgan fingerprint density at radius 1 is 0.700 bits per heavy atom. The van der Waals surface area contributed by atoms with Gasteiger partial charge in [0.1, 0.15) is 5.52 Å². The lowest BCUT2D eigenvalue weighted by Gasteiger charge is -2.01. The minimum Gasteiger partial charge on any atom is -0.335 e. The van der Waals surface area contributed by atoms with Gasteiger partial charge in [-0.2, -0.15) is 5.10 Å². The van der Waals surface area contributed by atoms with Crippen LogP contribution in [-0.4, -0.2) is 40.1 Å². The van der Waals surface area contributed by atoms with Gasteiger partial charge in [0.2, 0.25) is 0 Å². The molecule has 0 saturated heterocycles. The van der Waals surface area contributed by atoms with Crippen molar-refractivity contribution in [3.8, 4) is 33.9 Å². The Morgan fingerprint density at radius 3 is 2.27 bits per heavy atom. The van der Waals surface area contributed by atoms with E-state index >= 15 is 0 Å². The molecule has 0 fully saturated rings. The zero-order valence-electron chi connectivity index (χ0n) is 15.6. The molecule has 6 heterocycles. The molecule has 0 aliphatic carbocycles. The number of imidazole rings is 1. The van der Waals surface area contributed by atoms with Gasteiger partial charge < -0.3 is 4.98 Å². The molecule has 30 heavy (non-hydrogen) atoms. The van der Waals surface area contributed by atoms with Crippen molar-refractivity contribution in [2.45, 2.75) is 0 Å². The Morgan fingerprint density at radius 2 is 1.47 bits per heavy atom. The molecule has 0 bridgehead atoms. The van der Waals surface area contributed by atoms with Gasteiger partial charge in [0.05, 0.1) is 16.7 Å². The average molecular weight is 390 g/mol. The largest absolute Gasteiger partial charge is 0.335 e. The third-order valence-electron chi connectivity index (χ3n) is 4.99. The summed E-state index contributed by atoms with van der Waals surface area (Å²) in [7, 11) is 0. The van der Waals surface area contributed by atoms with Gasteiger partial charge in [0.25, 0.3) is 0 Å². The highest BCUT2D eigenvalue weighted by Crippen LogP contribution is 2.30. The second-order valence-electron chi connectivity index (χ2n) is 6.78. The first-order valence-electron chi connectivity index (χ1n) is 9.38. The van der Waals surface area contributed by atoms with Gasteiger partial charge in [-0.1, -0.05) is 0 Å². The normalized spacial score (nSPS) is 11.3. The number of rotatable bonds is 3. The number of hydrogen-bond acceptors (Lipinski definition) is 6. The van der Waals surface area contributed by atoms with Crippen LogP contribution in [0.3, 0.4) is 0 Å². The van der Waals surface area contributed by atoms with E-state index in [9.17, 15) is 0 Å². The Bertz CT molecular complexity index is 1490. The van der Waals surface area contributed by atoms with Crippen LogP contribution in [0.4, 0.5) is 0 Å². The third-order valence-corrected chi connectivity index (χ3v) is 4.99. The van der Waals surface area contributed by atoms with Crippen LogP contribution in [-0.2, 0) is 0 Å². The molecule has 0 amide bonds. The molecular weight excluding hydrogens is 376 g/mol. The van der Waals surface area contributed by atoms with Crippen molar-refractivity contribution in [2.75, 3.05) is 0 Å². The van der Waals surface area contributed by atoms with Crippen LogP contribution in [0.15, 0.2) is 73.4 Å². The van der Waals surface area contributed by atoms with Crippen LogP contribution in [0.2, 0.25) is 0 Å². The minimum atomic E-state index is 0.615. The first-order chi connectivity index (χ1) is 14.9. The topological polar surface area (TPSA) is 109 Å². The van der Waals surface area contributed by atoms with Crippen LogP contribution in [0.1, 0.15) is 0 Å². The van der Waals surface area contributed by atoms with Crippen molar-refractivity contribution in [1.82, 2.24) is 40.1 Å². The summed E-state index contributed by atoms with van der Waals surface area (Å²) < 4.78 is 0. The van der Waals surface area contributed by atoms with Crippen LogP contribution >= 0.6 is 0 Å². The summed E-state index contributed by atoms with van der Waals surface area (Å²) in [5, 5.41) is 7.51. The maximum absolute atomic E-state index is 4.82. The second-order valence-corrected chi connectivity index (χ2v) is 6.78. The Labute approximate surface area is 170 Å². The van der Waals surface area contributed by atoms with E-state index in [4.69, 9.17) is 4.98 Å². The molecule has 142 valence electrons.